The van der Waals surface area contributed by atoms with Crippen molar-refractivity contribution in [3.8, 4) is 0 Å². The minimum absolute atomic E-state index is 0. The van der Waals surface area contributed by atoms with Crippen LogP contribution in [0, 0.1) is 0 Å². The Kier molecular flexibility index (Phi) is 5.00. The number of pyridine rings is 1. The van der Waals surface area contributed by atoms with E-state index in [0.717, 1.165) is 24.9 Å². The third-order valence-corrected chi connectivity index (χ3v) is 2.77. The normalized spacial score (nSPS) is 20.4. The Morgan fingerprint density at radius 3 is 3.06 bits per heavy atom. The van der Waals surface area contributed by atoms with E-state index in [-0.39, 0.29) is 31.4 Å². The topological polar surface area (TPSA) is 56.3 Å². The van der Waals surface area contributed by atoms with E-state index in [4.69, 9.17) is 0 Å². The molecule has 1 fully saturated rings. The molecule has 2 heterocycles. The third-order valence-electron chi connectivity index (χ3n) is 2.77. The van der Waals surface area contributed by atoms with Crippen LogP contribution in [0.5, 0.6) is 0 Å². The summed E-state index contributed by atoms with van der Waals surface area (Å²) in [7, 11) is 0. The average Bonchev–Trinajstić information content (AvgIpc) is 2.66. The molecule has 80 valence electrons. The smallest absolute Gasteiger partial charge is 0.549 e. The van der Waals surface area contributed by atoms with Gasteiger partial charge in [0.05, 0.1) is 5.97 Å². The Labute approximate surface area is 107 Å². The number of likely N-dealkylation sites (tertiary alicyclic amines) is 1. The Morgan fingerprint density at radius 1 is 1.62 bits per heavy atom. The predicted molar refractivity (Wildman–Crippen MR) is 52.8 cm³/mol. The molecule has 1 aliphatic heterocycles. The van der Waals surface area contributed by atoms with E-state index in [1.807, 2.05) is 17.0 Å². The van der Waals surface area contributed by atoms with Crippen LogP contribution < -0.4 is 24.0 Å². The Morgan fingerprint density at radius 2 is 2.44 bits per heavy atom. The van der Waals surface area contributed by atoms with Gasteiger partial charge in [-0.15, -0.1) is 0 Å². The number of aliphatic carboxylic acids is 1. The zero-order valence-electron chi connectivity index (χ0n) is 9.43. The number of carboxylic acid groups (broad SMARTS) is 1. The van der Waals surface area contributed by atoms with E-state index in [9.17, 15) is 9.90 Å². The molecule has 16 heavy (non-hydrogen) atoms. The minimum atomic E-state index is -1.01. The number of aromatic nitrogens is 1. The first-order chi connectivity index (χ1) is 7.27. The molecule has 1 unspecified atom stereocenters. The number of nitrogens with zero attached hydrogens (tertiary/aromatic N) is 2. The van der Waals surface area contributed by atoms with Gasteiger partial charge in [-0.05, 0) is 31.0 Å². The third kappa shape index (κ3) is 3.08. The summed E-state index contributed by atoms with van der Waals surface area (Å²) in [4.78, 5) is 16.6. The summed E-state index contributed by atoms with van der Waals surface area (Å²) < 4.78 is 0. The maximum atomic E-state index is 10.6. The second-order valence-electron chi connectivity index (χ2n) is 3.79. The molecule has 1 aromatic heterocycles. The van der Waals surface area contributed by atoms with Crippen molar-refractivity contribution in [1.82, 2.24) is 9.88 Å². The second-order valence-corrected chi connectivity index (χ2v) is 3.79. The summed E-state index contributed by atoms with van der Waals surface area (Å²) in [5.74, 6) is -1.01. The molecule has 0 saturated carbocycles. The Bertz CT molecular complexity index is 345. The van der Waals surface area contributed by atoms with Crippen molar-refractivity contribution < 1.29 is 28.8 Å². The van der Waals surface area contributed by atoms with Crippen molar-refractivity contribution >= 4 is 5.97 Å². The fourth-order valence-electron chi connectivity index (χ4n) is 2.13. The fourth-order valence-corrected chi connectivity index (χ4v) is 2.13. The van der Waals surface area contributed by atoms with E-state index in [1.54, 1.807) is 12.4 Å². The molecule has 5 heteroatoms. The van der Waals surface area contributed by atoms with Gasteiger partial charge in [0, 0.05) is 25.0 Å². The first kappa shape index (κ1) is 13.2. The second kappa shape index (κ2) is 6.05. The maximum Gasteiger partial charge on any atom is 1.00 e. The maximum absolute atomic E-state index is 10.6. The van der Waals surface area contributed by atoms with E-state index < -0.39 is 5.97 Å². The van der Waals surface area contributed by atoms with Gasteiger partial charge in [-0.25, -0.2) is 0 Å². The van der Waals surface area contributed by atoms with Crippen LogP contribution in [-0.2, 0) is 4.79 Å². The number of carboxylic acids is 1. The largest absolute Gasteiger partial charge is 1.00 e. The molecule has 0 spiro atoms. The van der Waals surface area contributed by atoms with Crippen LogP contribution in [0.2, 0.25) is 0 Å². The molecule has 1 aromatic rings. The zero-order valence-corrected chi connectivity index (χ0v) is 9.43. The summed E-state index contributed by atoms with van der Waals surface area (Å²) in [6, 6.07) is 4.06. The molecular weight excluding hydrogens is 199 g/mol. The van der Waals surface area contributed by atoms with Gasteiger partial charge in [-0.3, -0.25) is 9.88 Å². The van der Waals surface area contributed by atoms with Gasteiger partial charge in [0.25, 0.3) is 0 Å². The van der Waals surface area contributed by atoms with E-state index in [1.165, 1.54) is 0 Å². The van der Waals surface area contributed by atoms with Crippen LogP contribution in [-0.4, -0.2) is 28.9 Å². The van der Waals surface area contributed by atoms with Crippen molar-refractivity contribution in [2.45, 2.75) is 18.9 Å². The first-order valence-electron chi connectivity index (χ1n) is 5.11. The van der Waals surface area contributed by atoms with Gasteiger partial charge in [-0.1, -0.05) is 6.07 Å². The number of hydrogen-bond donors (Lipinski definition) is 0. The van der Waals surface area contributed by atoms with Crippen molar-refractivity contribution in [2.75, 3.05) is 13.1 Å². The van der Waals surface area contributed by atoms with Gasteiger partial charge < -0.3 is 9.90 Å². The van der Waals surface area contributed by atoms with Gasteiger partial charge in [0.15, 0.2) is 0 Å². The van der Waals surface area contributed by atoms with E-state index in [2.05, 4.69) is 4.98 Å². The summed E-state index contributed by atoms with van der Waals surface area (Å²) in [6.07, 6.45) is 5.56. The molecule has 1 atom stereocenters. The Balaban J connectivity index is 0.00000128. The number of rotatable bonds is 3. The predicted octanol–water partition coefficient (Wildman–Crippen LogP) is -3.03. The summed E-state index contributed by atoms with van der Waals surface area (Å²) in [6.45, 7) is 0.840. The zero-order chi connectivity index (χ0) is 10.7. The van der Waals surface area contributed by atoms with Crippen LogP contribution in [0.15, 0.2) is 24.5 Å². The van der Waals surface area contributed by atoms with Gasteiger partial charge >= 0.3 is 18.9 Å². The first-order valence-corrected chi connectivity index (χ1v) is 5.11. The summed E-state index contributed by atoms with van der Waals surface area (Å²) in [5.41, 5.74) is 1.09. The van der Waals surface area contributed by atoms with Gasteiger partial charge in [-0.2, -0.15) is 0 Å². The average molecular weight is 212 g/mol. The molecule has 0 amide bonds. The molecule has 4 nitrogen and oxygen atoms in total. The number of carbonyl (C=O) groups is 1. The number of hydrogen-bond acceptors (Lipinski definition) is 4. The molecule has 1 aliphatic rings. The molecule has 0 aromatic carbocycles. The van der Waals surface area contributed by atoms with Gasteiger partial charge in [0.2, 0.25) is 0 Å². The number of carbonyl (C=O) groups excluding carboxylic acids is 1. The van der Waals surface area contributed by atoms with Crippen LogP contribution in [0.3, 0.4) is 0 Å². The minimum Gasteiger partial charge on any atom is -0.549 e. The molecule has 0 N–H and O–H groups in total. The summed E-state index contributed by atoms with van der Waals surface area (Å²) in [5, 5.41) is 10.6. The quantitative estimate of drug-likeness (QED) is 0.500. The fraction of sp³-hybridized carbons (Fsp3) is 0.455. The van der Waals surface area contributed by atoms with Gasteiger partial charge in [0.1, 0.15) is 0 Å². The Hall–Kier alpha value is -0.823. The van der Waals surface area contributed by atoms with Crippen LogP contribution in [0.4, 0.5) is 0 Å². The molecular formula is C11H13LiN2O2. The summed E-state index contributed by atoms with van der Waals surface area (Å²) >= 11 is 0. The molecule has 2 rings (SSSR count). The molecule has 0 radical (unpaired) electrons. The van der Waals surface area contributed by atoms with Crippen molar-refractivity contribution in [2.24, 2.45) is 0 Å². The molecule has 1 saturated heterocycles. The molecule has 0 aliphatic carbocycles. The van der Waals surface area contributed by atoms with Crippen LogP contribution >= 0.6 is 0 Å². The van der Waals surface area contributed by atoms with Crippen molar-refractivity contribution in [1.29, 1.82) is 0 Å². The van der Waals surface area contributed by atoms with Crippen LogP contribution in [0.1, 0.15) is 24.4 Å². The standard InChI is InChI=1S/C11H14N2O2.Li/c14-11(15)8-13-6-2-4-10(13)9-3-1-5-12-7-9;/h1,3,5,7,10H,2,4,6,8H2,(H,14,15);/q;+1/p-1. The van der Waals surface area contributed by atoms with E-state index in [0.29, 0.717) is 0 Å². The SMILES string of the molecule is O=C([O-])CN1CCCC1c1cccnc1.[Li+]. The van der Waals surface area contributed by atoms with Crippen molar-refractivity contribution in [3.63, 3.8) is 0 Å². The molecule has 0 bridgehead atoms. The monoisotopic (exact) mass is 212 g/mol. The van der Waals surface area contributed by atoms with E-state index >= 15 is 0 Å². The van der Waals surface area contributed by atoms with Crippen molar-refractivity contribution in [3.05, 3.63) is 30.1 Å². The van der Waals surface area contributed by atoms with Crippen LogP contribution in [0.25, 0.3) is 0 Å².